The lowest BCUT2D eigenvalue weighted by Gasteiger charge is -2.35. The van der Waals surface area contributed by atoms with Crippen LogP contribution in [0.15, 0.2) is 0 Å². The Labute approximate surface area is 115 Å². The Kier molecular flexibility index (Phi) is 5.88. The van der Waals surface area contributed by atoms with Gasteiger partial charge in [-0.05, 0) is 25.2 Å². The molecule has 0 spiro atoms. The Bertz CT molecular complexity index is 364. The first kappa shape index (κ1) is 15.6. The second kappa shape index (κ2) is 7.18. The topological polar surface area (TPSA) is 66.4 Å². The number of terminal acetylenes is 1. The lowest BCUT2D eigenvalue weighted by molar-refractivity contribution is -0.141. The average molecular weight is 265 g/mol. The molecule has 4 nitrogen and oxygen atoms in total. The highest BCUT2D eigenvalue weighted by Crippen LogP contribution is 2.42. The summed E-state index contributed by atoms with van der Waals surface area (Å²) in [5.41, 5.74) is -0.357. The van der Waals surface area contributed by atoms with Gasteiger partial charge in [-0.25, -0.2) is 0 Å². The fraction of sp³-hybridized carbons (Fsp3) is 0.733. The Morgan fingerprint density at radius 1 is 1.32 bits per heavy atom. The summed E-state index contributed by atoms with van der Waals surface area (Å²) in [4.78, 5) is 23.0. The molecule has 1 fully saturated rings. The number of carbonyl (C=O) groups is 2. The molecule has 1 rings (SSSR count). The molecule has 0 radical (unpaired) electrons. The standard InChI is InChI=1S/C15H23NO3/c1-3-7-12(2)16-13(17)10-15(11-14(18)19)8-5-4-6-9-15/h1,12H,4-11H2,2H3,(H,16,17)(H,18,19). The normalized spacial score (nSPS) is 19.2. The van der Waals surface area contributed by atoms with Crippen LogP contribution in [0, 0.1) is 17.8 Å². The van der Waals surface area contributed by atoms with E-state index in [9.17, 15) is 9.59 Å². The van der Waals surface area contributed by atoms with Gasteiger partial charge in [0.1, 0.15) is 0 Å². The van der Waals surface area contributed by atoms with Crippen molar-refractivity contribution >= 4 is 11.9 Å². The van der Waals surface area contributed by atoms with Crippen molar-refractivity contribution in [3.05, 3.63) is 0 Å². The molecule has 0 aromatic carbocycles. The van der Waals surface area contributed by atoms with Crippen LogP contribution in [0.1, 0.15) is 58.3 Å². The summed E-state index contributed by atoms with van der Waals surface area (Å²) in [5, 5.41) is 11.9. The highest BCUT2D eigenvalue weighted by molar-refractivity contribution is 5.78. The fourth-order valence-electron chi connectivity index (χ4n) is 2.93. The fourth-order valence-corrected chi connectivity index (χ4v) is 2.93. The minimum Gasteiger partial charge on any atom is -0.481 e. The van der Waals surface area contributed by atoms with Crippen LogP contribution in [0.2, 0.25) is 0 Å². The van der Waals surface area contributed by atoms with E-state index in [-0.39, 0.29) is 23.8 Å². The van der Waals surface area contributed by atoms with Crippen molar-refractivity contribution in [3.63, 3.8) is 0 Å². The van der Waals surface area contributed by atoms with Gasteiger partial charge in [-0.3, -0.25) is 9.59 Å². The molecule has 1 atom stereocenters. The second-order valence-electron chi connectivity index (χ2n) is 5.68. The monoisotopic (exact) mass is 265 g/mol. The summed E-state index contributed by atoms with van der Waals surface area (Å²) in [6, 6.07) is -0.0528. The molecule has 0 aromatic heterocycles. The summed E-state index contributed by atoms with van der Waals surface area (Å²) in [5.74, 6) is 1.62. The third-order valence-electron chi connectivity index (χ3n) is 3.81. The predicted molar refractivity (Wildman–Crippen MR) is 73.4 cm³/mol. The molecule has 4 heteroatoms. The smallest absolute Gasteiger partial charge is 0.303 e. The molecule has 1 saturated carbocycles. The number of carboxylic acid groups (broad SMARTS) is 1. The molecule has 2 N–H and O–H groups in total. The van der Waals surface area contributed by atoms with Crippen LogP contribution in [0.25, 0.3) is 0 Å². The zero-order valence-corrected chi connectivity index (χ0v) is 11.6. The molecule has 106 valence electrons. The van der Waals surface area contributed by atoms with Crippen molar-refractivity contribution < 1.29 is 14.7 Å². The number of hydrogen-bond acceptors (Lipinski definition) is 2. The second-order valence-corrected chi connectivity index (χ2v) is 5.68. The van der Waals surface area contributed by atoms with Crippen molar-refractivity contribution in [1.29, 1.82) is 0 Å². The SMILES string of the molecule is C#CCC(C)NC(=O)CC1(CC(=O)O)CCCCC1. The number of rotatable bonds is 6. The van der Waals surface area contributed by atoms with Crippen molar-refractivity contribution in [2.45, 2.75) is 64.3 Å². The van der Waals surface area contributed by atoms with Crippen molar-refractivity contribution in [3.8, 4) is 12.3 Å². The third-order valence-corrected chi connectivity index (χ3v) is 3.81. The average Bonchev–Trinajstić information content (AvgIpc) is 2.28. The maximum absolute atomic E-state index is 12.0. The highest BCUT2D eigenvalue weighted by atomic mass is 16.4. The van der Waals surface area contributed by atoms with E-state index in [2.05, 4.69) is 11.2 Å². The van der Waals surface area contributed by atoms with Crippen LogP contribution in [-0.4, -0.2) is 23.0 Å². The van der Waals surface area contributed by atoms with Crippen molar-refractivity contribution in [2.24, 2.45) is 5.41 Å². The molecule has 0 aliphatic heterocycles. The summed E-state index contributed by atoms with van der Waals surface area (Å²) in [6.45, 7) is 1.86. The molecule has 1 unspecified atom stereocenters. The van der Waals surface area contributed by atoms with Crippen LogP contribution in [0.5, 0.6) is 0 Å². The first-order chi connectivity index (χ1) is 8.97. The van der Waals surface area contributed by atoms with E-state index in [1.807, 2.05) is 6.92 Å². The van der Waals surface area contributed by atoms with E-state index >= 15 is 0 Å². The Balaban J connectivity index is 2.59. The van der Waals surface area contributed by atoms with Gasteiger partial charge < -0.3 is 10.4 Å². The van der Waals surface area contributed by atoms with Gasteiger partial charge in [0.05, 0.1) is 6.42 Å². The van der Waals surface area contributed by atoms with Crippen molar-refractivity contribution in [1.82, 2.24) is 5.32 Å². The molecule has 1 aliphatic rings. The van der Waals surface area contributed by atoms with Crippen LogP contribution < -0.4 is 5.32 Å². The van der Waals surface area contributed by atoms with E-state index in [0.29, 0.717) is 12.8 Å². The third kappa shape index (κ3) is 5.34. The molecule has 1 aliphatic carbocycles. The largest absolute Gasteiger partial charge is 0.481 e. The number of aliphatic carboxylic acids is 1. The minimum absolute atomic E-state index is 0.0528. The molecular weight excluding hydrogens is 242 g/mol. The summed E-state index contributed by atoms with van der Waals surface area (Å²) in [7, 11) is 0. The number of nitrogens with one attached hydrogen (secondary N) is 1. The minimum atomic E-state index is -0.814. The summed E-state index contributed by atoms with van der Waals surface area (Å²) < 4.78 is 0. The van der Waals surface area contributed by atoms with Crippen molar-refractivity contribution in [2.75, 3.05) is 0 Å². The van der Waals surface area contributed by atoms with Gasteiger partial charge in [0.25, 0.3) is 0 Å². The Hall–Kier alpha value is -1.50. The molecule has 19 heavy (non-hydrogen) atoms. The van der Waals surface area contributed by atoms with Gasteiger partial charge in [0.2, 0.25) is 5.91 Å². The summed E-state index contributed by atoms with van der Waals surface area (Å²) >= 11 is 0. The van der Waals surface area contributed by atoms with E-state index < -0.39 is 5.97 Å². The van der Waals surface area contributed by atoms with E-state index in [0.717, 1.165) is 32.1 Å². The van der Waals surface area contributed by atoms with Crippen LogP contribution in [0.4, 0.5) is 0 Å². The number of carbonyl (C=O) groups excluding carboxylic acids is 1. The number of hydrogen-bond donors (Lipinski definition) is 2. The zero-order chi connectivity index (χ0) is 14.3. The molecule has 0 heterocycles. The molecule has 0 saturated heterocycles. The number of carboxylic acids is 1. The van der Waals surface area contributed by atoms with Gasteiger partial charge >= 0.3 is 5.97 Å². The lowest BCUT2D eigenvalue weighted by Crippen LogP contribution is -2.38. The quantitative estimate of drug-likeness (QED) is 0.724. The Morgan fingerprint density at radius 2 is 1.95 bits per heavy atom. The predicted octanol–water partition coefficient (Wildman–Crippen LogP) is 2.33. The van der Waals surface area contributed by atoms with E-state index in [1.54, 1.807) is 0 Å². The zero-order valence-electron chi connectivity index (χ0n) is 11.6. The maximum Gasteiger partial charge on any atom is 0.303 e. The van der Waals surface area contributed by atoms with Crippen LogP contribution in [-0.2, 0) is 9.59 Å². The first-order valence-corrected chi connectivity index (χ1v) is 6.92. The van der Waals surface area contributed by atoms with Gasteiger partial charge in [-0.15, -0.1) is 12.3 Å². The van der Waals surface area contributed by atoms with E-state index in [4.69, 9.17) is 11.5 Å². The van der Waals surface area contributed by atoms with Gasteiger partial charge in [0.15, 0.2) is 0 Å². The van der Waals surface area contributed by atoms with Crippen LogP contribution in [0.3, 0.4) is 0 Å². The first-order valence-electron chi connectivity index (χ1n) is 6.92. The van der Waals surface area contributed by atoms with E-state index in [1.165, 1.54) is 0 Å². The van der Waals surface area contributed by atoms with Gasteiger partial charge in [-0.2, -0.15) is 0 Å². The Morgan fingerprint density at radius 3 is 2.47 bits per heavy atom. The molecule has 0 bridgehead atoms. The molecule has 1 amide bonds. The van der Waals surface area contributed by atoms with Gasteiger partial charge in [0, 0.05) is 18.9 Å². The van der Waals surface area contributed by atoms with Gasteiger partial charge in [-0.1, -0.05) is 19.3 Å². The molecular formula is C15H23NO3. The lowest BCUT2D eigenvalue weighted by atomic mass is 9.69. The summed E-state index contributed by atoms with van der Waals surface area (Å²) in [6.07, 6.45) is 10.9. The maximum atomic E-state index is 12.0. The highest BCUT2D eigenvalue weighted by Gasteiger charge is 2.36. The number of amides is 1. The van der Waals surface area contributed by atoms with Crippen LogP contribution >= 0.6 is 0 Å². The molecule has 0 aromatic rings.